The van der Waals surface area contributed by atoms with E-state index in [1.54, 1.807) is 16.7 Å². The SMILES string of the molecule is Cc1cc(C(=O)COC(=O)[C@@H]2CS[C@]3(C)CCC(=O)N23)c(C)n1Cc1ccccc1. The number of hydrogen-bond acceptors (Lipinski definition) is 5. The lowest BCUT2D eigenvalue weighted by molar-refractivity contribution is -0.152. The molecule has 2 atom stereocenters. The maximum absolute atomic E-state index is 12.8. The van der Waals surface area contributed by atoms with E-state index >= 15 is 0 Å². The summed E-state index contributed by atoms with van der Waals surface area (Å²) in [6.07, 6.45) is 1.20. The number of ketones is 1. The van der Waals surface area contributed by atoms with Gasteiger partial charge in [-0.1, -0.05) is 30.3 Å². The van der Waals surface area contributed by atoms with Crippen molar-refractivity contribution in [1.82, 2.24) is 9.47 Å². The van der Waals surface area contributed by atoms with Crippen molar-refractivity contribution in [3.63, 3.8) is 0 Å². The van der Waals surface area contributed by atoms with E-state index in [1.807, 2.05) is 45.0 Å². The number of aryl methyl sites for hydroxylation is 1. The van der Waals surface area contributed by atoms with Gasteiger partial charge in [0.25, 0.3) is 0 Å². The number of fused-ring (bicyclic) bond motifs is 1. The van der Waals surface area contributed by atoms with E-state index in [2.05, 4.69) is 16.7 Å². The van der Waals surface area contributed by atoms with Crippen LogP contribution in [0.5, 0.6) is 0 Å². The molecule has 2 fully saturated rings. The summed E-state index contributed by atoms with van der Waals surface area (Å²) < 4.78 is 7.45. The first-order valence-corrected chi connectivity index (χ1v) is 11.2. The molecule has 0 spiro atoms. The van der Waals surface area contributed by atoms with Crippen LogP contribution in [0, 0.1) is 13.8 Å². The second kappa shape index (κ2) is 7.95. The van der Waals surface area contributed by atoms with Crippen molar-refractivity contribution in [3.8, 4) is 0 Å². The third-order valence-electron chi connectivity index (χ3n) is 6.12. The summed E-state index contributed by atoms with van der Waals surface area (Å²) in [6, 6.07) is 11.3. The van der Waals surface area contributed by atoms with Gasteiger partial charge in [0, 0.05) is 35.7 Å². The highest BCUT2D eigenvalue weighted by Gasteiger charge is 2.53. The molecule has 1 amide bonds. The zero-order chi connectivity index (χ0) is 21.5. The summed E-state index contributed by atoms with van der Waals surface area (Å²) in [5.74, 6) is -0.217. The molecule has 4 rings (SSSR count). The summed E-state index contributed by atoms with van der Waals surface area (Å²) in [7, 11) is 0. The molecule has 1 aromatic heterocycles. The fourth-order valence-electron chi connectivity index (χ4n) is 4.40. The van der Waals surface area contributed by atoms with Gasteiger partial charge in [-0.25, -0.2) is 4.79 Å². The van der Waals surface area contributed by atoms with Crippen molar-refractivity contribution in [3.05, 3.63) is 58.9 Å². The Kier molecular flexibility index (Phi) is 5.49. The van der Waals surface area contributed by atoms with Crippen LogP contribution in [0.15, 0.2) is 36.4 Å². The van der Waals surface area contributed by atoms with E-state index in [0.717, 1.165) is 23.4 Å². The molecule has 2 saturated heterocycles. The van der Waals surface area contributed by atoms with Crippen LogP contribution < -0.4 is 0 Å². The van der Waals surface area contributed by atoms with Crippen molar-refractivity contribution in [2.75, 3.05) is 12.4 Å². The monoisotopic (exact) mass is 426 g/mol. The van der Waals surface area contributed by atoms with Gasteiger partial charge in [-0.05, 0) is 38.8 Å². The number of nitrogens with zero attached hydrogens (tertiary/aromatic N) is 2. The summed E-state index contributed by atoms with van der Waals surface area (Å²) in [6.45, 7) is 6.23. The molecule has 0 aliphatic carbocycles. The second-order valence-corrected chi connectivity index (χ2v) is 9.65. The second-order valence-electron chi connectivity index (χ2n) is 8.15. The predicted octanol–water partition coefficient (Wildman–Crippen LogP) is 3.33. The summed E-state index contributed by atoms with van der Waals surface area (Å²) >= 11 is 1.61. The number of thioether (sulfide) groups is 1. The van der Waals surface area contributed by atoms with E-state index in [-0.39, 0.29) is 23.2 Å². The Bertz CT molecular complexity index is 1000. The van der Waals surface area contributed by atoms with Crippen LogP contribution in [0.1, 0.15) is 47.1 Å². The first-order valence-electron chi connectivity index (χ1n) is 10.2. The zero-order valence-corrected chi connectivity index (χ0v) is 18.3. The molecule has 0 saturated carbocycles. The van der Waals surface area contributed by atoms with Gasteiger partial charge in [0.1, 0.15) is 6.04 Å². The average molecular weight is 427 g/mol. The van der Waals surface area contributed by atoms with Crippen LogP contribution in [0.4, 0.5) is 0 Å². The molecular weight excluding hydrogens is 400 g/mol. The number of Topliss-reactive ketones (excluding diaryl/α,β-unsaturated/α-hetero) is 1. The average Bonchev–Trinajstić information content (AvgIpc) is 3.33. The van der Waals surface area contributed by atoms with Gasteiger partial charge in [-0.15, -0.1) is 11.8 Å². The molecule has 158 valence electrons. The molecule has 0 N–H and O–H groups in total. The molecule has 3 heterocycles. The lowest BCUT2D eigenvalue weighted by Gasteiger charge is -2.29. The van der Waals surface area contributed by atoms with E-state index in [0.29, 0.717) is 24.3 Å². The van der Waals surface area contributed by atoms with E-state index < -0.39 is 12.0 Å². The number of rotatable bonds is 6. The van der Waals surface area contributed by atoms with Crippen molar-refractivity contribution in [2.24, 2.45) is 0 Å². The highest BCUT2D eigenvalue weighted by Crippen LogP contribution is 2.47. The van der Waals surface area contributed by atoms with Crippen molar-refractivity contribution < 1.29 is 19.1 Å². The number of hydrogen-bond donors (Lipinski definition) is 0. The molecule has 0 bridgehead atoms. The Morgan fingerprint density at radius 3 is 2.70 bits per heavy atom. The molecule has 2 aliphatic heterocycles. The van der Waals surface area contributed by atoms with Crippen LogP contribution in [0.2, 0.25) is 0 Å². The van der Waals surface area contributed by atoms with Crippen LogP contribution in [-0.4, -0.2) is 50.4 Å². The standard InChI is InChI=1S/C23H26N2O4S/c1-15-11-18(16(2)24(15)12-17-7-5-4-6-8-17)20(26)13-29-22(28)19-14-30-23(3)10-9-21(27)25(19)23/h4-8,11,19H,9-10,12-14H2,1-3H3/t19-,23+/m0/s1. The quantitative estimate of drug-likeness (QED) is 0.524. The molecular formula is C23H26N2O4S. The first-order chi connectivity index (χ1) is 14.3. The third-order valence-corrected chi connectivity index (χ3v) is 7.63. The predicted molar refractivity (Wildman–Crippen MR) is 115 cm³/mol. The van der Waals surface area contributed by atoms with Crippen LogP contribution in [-0.2, 0) is 20.9 Å². The number of carbonyl (C=O) groups excluding carboxylic acids is 3. The maximum Gasteiger partial charge on any atom is 0.330 e. The summed E-state index contributed by atoms with van der Waals surface area (Å²) in [4.78, 5) is 38.9. The van der Waals surface area contributed by atoms with Crippen LogP contribution >= 0.6 is 11.8 Å². The molecule has 30 heavy (non-hydrogen) atoms. The van der Waals surface area contributed by atoms with E-state index in [4.69, 9.17) is 4.74 Å². The van der Waals surface area contributed by atoms with Gasteiger partial charge in [-0.3, -0.25) is 9.59 Å². The van der Waals surface area contributed by atoms with Gasteiger partial charge in [-0.2, -0.15) is 0 Å². The minimum atomic E-state index is -0.603. The van der Waals surface area contributed by atoms with Gasteiger partial charge >= 0.3 is 5.97 Å². The topological polar surface area (TPSA) is 68.6 Å². The Morgan fingerprint density at radius 1 is 1.23 bits per heavy atom. The number of esters is 1. The number of amides is 1. The van der Waals surface area contributed by atoms with Gasteiger partial charge < -0.3 is 14.2 Å². The fraction of sp³-hybridized carbons (Fsp3) is 0.435. The summed E-state index contributed by atoms with van der Waals surface area (Å²) in [5, 5.41) is 0. The van der Waals surface area contributed by atoms with Crippen molar-refractivity contribution in [1.29, 1.82) is 0 Å². The van der Waals surface area contributed by atoms with Crippen molar-refractivity contribution in [2.45, 2.75) is 51.1 Å². The molecule has 0 radical (unpaired) electrons. The van der Waals surface area contributed by atoms with E-state index in [9.17, 15) is 14.4 Å². The van der Waals surface area contributed by atoms with Gasteiger partial charge in [0.2, 0.25) is 11.7 Å². The number of benzene rings is 1. The molecule has 0 unspecified atom stereocenters. The highest BCUT2D eigenvalue weighted by molar-refractivity contribution is 8.01. The molecule has 2 aromatic rings. The van der Waals surface area contributed by atoms with Gasteiger partial charge in [0.05, 0.1) is 4.87 Å². The maximum atomic E-state index is 12.8. The first kappa shape index (κ1) is 20.7. The van der Waals surface area contributed by atoms with Gasteiger partial charge in [0.15, 0.2) is 6.61 Å². The normalized spacial score (nSPS) is 23.0. The number of aromatic nitrogens is 1. The van der Waals surface area contributed by atoms with Crippen LogP contribution in [0.3, 0.4) is 0 Å². The Hall–Kier alpha value is -2.54. The lowest BCUT2D eigenvalue weighted by Crippen LogP contribution is -2.46. The largest absolute Gasteiger partial charge is 0.456 e. The Labute approximate surface area is 180 Å². The number of ether oxygens (including phenoxy) is 1. The smallest absolute Gasteiger partial charge is 0.330 e. The Balaban J connectivity index is 1.42. The molecule has 7 heteroatoms. The molecule has 2 aliphatic rings. The van der Waals surface area contributed by atoms with Crippen LogP contribution in [0.25, 0.3) is 0 Å². The van der Waals surface area contributed by atoms with Crippen molar-refractivity contribution >= 4 is 29.4 Å². The Morgan fingerprint density at radius 2 is 1.97 bits per heavy atom. The molecule has 6 nitrogen and oxygen atoms in total. The lowest BCUT2D eigenvalue weighted by atomic mass is 10.1. The highest BCUT2D eigenvalue weighted by atomic mass is 32.2. The zero-order valence-electron chi connectivity index (χ0n) is 17.5. The fourth-order valence-corrected chi connectivity index (χ4v) is 5.82. The molecule has 1 aromatic carbocycles. The number of carbonyl (C=O) groups is 3. The minimum absolute atomic E-state index is 0.0137. The minimum Gasteiger partial charge on any atom is -0.456 e. The van der Waals surface area contributed by atoms with E-state index in [1.165, 1.54) is 0 Å². The third kappa shape index (κ3) is 3.67. The summed E-state index contributed by atoms with van der Waals surface area (Å²) in [5.41, 5.74) is 3.56.